The topological polar surface area (TPSA) is 53.3 Å². The molecule has 0 radical (unpaired) electrons. The molecule has 1 heterocycles. The van der Waals surface area contributed by atoms with E-state index in [1.54, 1.807) is 12.1 Å². The molecule has 5 heteroatoms. The lowest BCUT2D eigenvalue weighted by Gasteiger charge is -2.33. The maximum absolute atomic E-state index is 11.7. The third-order valence-electron chi connectivity index (χ3n) is 3.53. The summed E-state index contributed by atoms with van der Waals surface area (Å²) in [5, 5.41) is 9.74. The van der Waals surface area contributed by atoms with Crippen LogP contribution in [-0.2, 0) is 9.53 Å². The van der Waals surface area contributed by atoms with E-state index < -0.39 is 0 Å². The van der Waals surface area contributed by atoms with Crippen LogP contribution in [0.2, 0.25) is 5.02 Å². The van der Waals surface area contributed by atoms with Crippen LogP contribution in [0.15, 0.2) is 18.2 Å². The Balaban J connectivity index is 2.04. The van der Waals surface area contributed by atoms with Gasteiger partial charge >= 0.3 is 5.97 Å². The predicted octanol–water partition coefficient (Wildman–Crippen LogP) is 2.99. The highest BCUT2D eigenvalue weighted by atomic mass is 35.5. The number of carbonyl (C=O) groups excluding carboxylic acids is 1. The van der Waals surface area contributed by atoms with Crippen LogP contribution in [0.5, 0.6) is 0 Å². The van der Waals surface area contributed by atoms with Gasteiger partial charge in [0.2, 0.25) is 0 Å². The second-order valence-electron chi connectivity index (χ2n) is 4.79. The van der Waals surface area contributed by atoms with Gasteiger partial charge in [0.15, 0.2) is 0 Å². The van der Waals surface area contributed by atoms with Crippen LogP contribution in [0, 0.1) is 17.2 Å². The number of halogens is 1. The molecule has 1 aliphatic rings. The number of carbonyl (C=O) groups is 1. The molecule has 0 N–H and O–H groups in total. The first-order chi connectivity index (χ1) is 9.65. The lowest BCUT2D eigenvalue weighted by atomic mass is 9.96. The molecule has 1 aromatic carbocycles. The fourth-order valence-corrected chi connectivity index (χ4v) is 2.66. The van der Waals surface area contributed by atoms with Crippen molar-refractivity contribution in [1.82, 2.24) is 0 Å². The third kappa shape index (κ3) is 3.23. The van der Waals surface area contributed by atoms with E-state index in [9.17, 15) is 10.1 Å². The van der Waals surface area contributed by atoms with Gasteiger partial charge in [0.05, 0.1) is 23.8 Å². The molecule has 4 nitrogen and oxygen atoms in total. The molecule has 1 fully saturated rings. The van der Waals surface area contributed by atoms with E-state index in [0.717, 1.165) is 31.6 Å². The summed E-state index contributed by atoms with van der Waals surface area (Å²) in [6.45, 7) is 3.74. The normalized spacial score (nSPS) is 15.8. The second-order valence-corrected chi connectivity index (χ2v) is 5.22. The zero-order chi connectivity index (χ0) is 14.5. The van der Waals surface area contributed by atoms with Gasteiger partial charge in [-0.2, -0.15) is 5.26 Å². The van der Waals surface area contributed by atoms with Gasteiger partial charge in [-0.25, -0.2) is 0 Å². The van der Waals surface area contributed by atoms with Crippen molar-refractivity contribution >= 4 is 23.3 Å². The molecule has 1 aliphatic heterocycles. The van der Waals surface area contributed by atoms with Gasteiger partial charge in [0.25, 0.3) is 0 Å². The maximum Gasteiger partial charge on any atom is 0.309 e. The first kappa shape index (κ1) is 14.7. The predicted molar refractivity (Wildman–Crippen MR) is 77.7 cm³/mol. The Hall–Kier alpha value is -1.73. The van der Waals surface area contributed by atoms with Gasteiger partial charge in [-0.05, 0) is 38.0 Å². The number of ether oxygens (including phenoxy) is 1. The van der Waals surface area contributed by atoms with E-state index in [4.69, 9.17) is 16.3 Å². The van der Waals surface area contributed by atoms with Gasteiger partial charge in [0.1, 0.15) is 6.07 Å². The van der Waals surface area contributed by atoms with Crippen LogP contribution in [0.1, 0.15) is 25.3 Å². The van der Waals surface area contributed by atoms with Crippen molar-refractivity contribution in [3.8, 4) is 6.07 Å². The van der Waals surface area contributed by atoms with Crippen molar-refractivity contribution in [2.75, 3.05) is 24.6 Å². The van der Waals surface area contributed by atoms with E-state index in [0.29, 0.717) is 17.2 Å². The molecule has 0 unspecified atom stereocenters. The number of benzene rings is 1. The van der Waals surface area contributed by atoms with Gasteiger partial charge in [0, 0.05) is 18.1 Å². The minimum Gasteiger partial charge on any atom is -0.466 e. The van der Waals surface area contributed by atoms with Crippen molar-refractivity contribution in [2.45, 2.75) is 19.8 Å². The highest BCUT2D eigenvalue weighted by molar-refractivity contribution is 6.30. The fourth-order valence-electron chi connectivity index (χ4n) is 2.49. The summed E-state index contributed by atoms with van der Waals surface area (Å²) in [5.74, 6) is -0.132. The van der Waals surface area contributed by atoms with Crippen molar-refractivity contribution in [1.29, 1.82) is 5.26 Å². The average Bonchev–Trinajstić information content (AvgIpc) is 2.47. The number of nitriles is 1. The van der Waals surface area contributed by atoms with E-state index in [1.807, 2.05) is 13.0 Å². The average molecular weight is 293 g/mol. The molecule has 0 bridgehead atoms. The fraction of sp³-hybridized carbons (Fsp3) is 0.467. The molecule has 0 spiro atoms. The Morgan fingerprint density at radius 3 is 2.80 bits per heavy atom. The Morgan fingerprint density at radius 2 is 2.20 bits per heavy atom. The minimum atomic E-state index is -0.108. The summed E-state index contributed by atoms with van der Waals surface area (Å²) in [6, 6.07) is 7.50. The van der Waals surface area contributed by atoms with Gasteiger partial charge < -0.3 is 9.64 Å². The van der Waals surface area contributed by atoms with Crippen molar-refractivity contribution in [3.05, 3.63) is 28.8 Å². The van der Waals surface area contributed by atoms with Crippen LogP contribution >= 0.6 is 11.6 Å². The highest BCUT2D eigenvalue weighted by Crippen LogP contribution is 2.28. The molecule has 1 saturated heterocycles. The van der Waals surface area contributed by atoms with Crippen LogP contribution in [-0.4, -0.2) is 25.7 Å². The lowest BCUT2D eigenvalue weighted by molar-refractivity contribution is -0.148. The maximum atomic E-state index is 11.7. The Labute approximate surface area is 123 Å². The summed E-state index contributed by atoms with van der Waals surface area (Å²) in [7, 11) is 0. The summed E-state index contributed by atoms with van der Waals surface area (Å²) >= 11 is 5.90. The molecule has 0 saturated carbocycles. The molecule has 0 atom stereocenters. The summed E-state index contributed by atoms with van der Waals surface area (Å²) in [4.78, 5) is 13.8. The molecule has 0 aliphatic carbocycles. The van der Waals surface area contributed by atoms with Gasteiger partial charge in [-0.15, -0.1) is 0 Å². The first-order valence-corrected chi connectivity index (χ1v) is 7.14. The van der Waals surface area contributed by atoms with Gasteiger partial charge in [-0.1, -0.05) is 11.6 Å². The lowest BCUT2D eigenvalue weighted by Crippen LogP contribution is -2.37. The number of nitrogens with zero attached hydrogens (tertiary/aromatic N) is 2. The number of hydrogen-bond donors (Lipinski definition) is 0. The largest absolute Gasteiger partial charge is 0.466 e. The SMILES string of the molecule is CCOC(=O)C1CCN(c2ccc(Cl)cc2C#N)CC1. The zero-order valence-electron chi connectivity index (χ0n) is 11.4. The number of esters is 1. The van der Waals surface area contributed by atoms with Gasteiger partial charge in [-0.3, -0.25) is 4.79 Å². The van der Waals surface area contributed by atoms with E-state index in [1.165, 1.54) is 0 Å². The minimum absolute atomic E-state index is 0.0240. The molecule has 106 valence electrons. The van der Waals surface area contributed by atoms with Crippen molar-refractivity contribution in [2.24, 2.45) is 5.92 Å². The Morgan fingerprint density at radius 1 is 1.50 bits per heavy atom. The molecule has 20 heavy (non-hydrogen) atoms. The molecule has 1 aromatic rings. The van der Waals surface area contributed by atoms with E-state index in [-0.39, 0.29) is 11.9 Å². The summed E-state index contributed by atoms with van der Waals surface area (Å²) in [6.07, 6.45) is 1.51. The summed E-state index contributed by atoms with van der Waals surface area (Å²) < 4.78 is 5.06. The van der Waals surface area contributed by atoms with E-state index >= 15 is 0 Å². The molecule has 2 rings (SSSR count). The third-order valence-corrected chi connectivity index (χ3v) is 3.77. The molecular weight excluding hydrogens is 276 g/mol. The van der Waals surface area contributed by atoms with Crippen molar-refractivity contribution in [3.63, 3.8) is 0 Å². The Bertz CT molecular complexity index is 531. The highest BCUT2D eigenvalue weighted by Gasteiger charge is 2.26. The number of hydrogen-bond acceptors (Lipinski definition) is 4. The second kappa shape index (κ2) is 6.62. The standard InChI is InChI=1S/C15H17ClN2O2/c1-2-20-15(19)11-5-7-18(8-6-11)14-4-3-13(16)9-12(14)10-17/h3-4,9,11H,2,5-8H2,1H3. The Kier molecular flexibility index (Phi) is 4.86. The van der Waals surface area contributed by atoms with Crippen LogP contribution in [0.3, 0.4) is 0 Å². The van der Waals surface area contributed by atoms with E-state index in [2.05, 4.69) is 11.0 Å². The number of anilines is 1. The van der Waals surface area contributed by atoms with Crippen molar-refractivity contribution < 1.29 is 9.53 Å². The smallest absolute Gasteiger partial charge is 0.309 e. The monoisotopic (exact) mass is 292 g/mol. The van der Waals surface area contributed by atoms with Crippen LogP contribution < -0.4 is 4.90 Å². The van der Waals surface area contributed by atoms with Crippen LogP contribution in [0.25, 0.3) is 0 Å². The number of piperidine rings is 1. The first-order valence-electron chi connectivity index (χ1n) is 6.77. The molecule has 0 aromatic heterocycles. The van der Waals surface area contributed by atoms with Crippen LogP contribution in [0.4, 0.5) is 5.69 Å². The number of rotatable bonds is 3. The molecular formula is C15H17ClN2O2. The quantitative estimate of drug-likeness (QED) is 0.804. The zero-order valence-corrected chi connectivity index (χ0v) is 12.2. The molecule has 0 amide bonds. The summed E-state index contributed by atoms with van der Waals surface area (Å²) in [5.41, 5.74) is 1.46.